The zero-order valence-electron chi connectivity index (χ0n) is 11.4. The summed E-state index contributed by atoms with van der Waals surface area (Å²) in [5.74, 6) is 0.907. The summed E-state index contributed by atoms with van der Waals surface area (Å²) in [7, 11) is 1.69. The Kier molecular flexibility index (Phi) is 4.97. The van der Waals surface area contributed by atoms with Crippen LogP contribution in [0.25, 0.3) is 0 Å². The highest BCUT2D eigenvalue weighted by atomic mass is 16.5. The molecular formula is C14H24N2O. The van der Waals surface area contributed by atoms with Gasteiger partial charge in [0.15, 0.2) is 0 Å². The molecule has 0 bridgehead atoms. The molecular weight excluding hydrogens is 212 g/mol. The maximum Gasteiger partial charge on any atom is 0.119 e. The summed E-state index contributed by atoms with van der Waals surface area (Å²) in [5.41, 5.74) is 7.11. The van der Waals surface area contributed by atoms with E-state index in [1.54, 1.807) is 7.11 Å². The van der Waals surface area contributed by atoms with Crippen molar-refractivity contribution < 1.29 is 4.74 Å². The molecule has 1 aromatic rings. The Bertz CT molecular complexity index is 350. The van der Waals surface area contributed by atoms with Gasteiger partial charge in [0.25, 0.3) is 0 Å². The lowest BCUT2D eigenvalue weighted by molar-refractivity contribution is 0.126. The van der Waals surface area contributed by atoms with Gasteiger partial charge in [0.05, 0.1) is 7.11 Å². The minimum absolute atomic E-state index is 0.0256. The lowest BCUT2D eigenvalue weighted by Gasteiger charge is -2.37. The first-order valence-corrected chi connectivity index (χ1v) is 6.11. The van der Waals surface area contributed by atoms with Crippen LogP contribution in [0.2, 0.25) is 0 Å². The van der Waals surface area contributed by atoms with E-state index in [0.29, 0.717) is 6.54 Å². The molecule has 0 heterocycles. The molecule has 0 spiro atoms. The molecule has 3 nitrogen and oxygen atoms in total. The molecule has 17 heavy (non-hydrogen) atoms. The van der Waals surface area contributed by atoms with E-state index in [1.807, 2.05) is 12.1 Å². The van der Waals surface area contributed by atoms with Gasteiger partial charge in [0, 0.05) is 18.6 Å². The normalized spacial score (nSPS) is 11.9. The van der Waals surface area contributed by atoms with Crippen molar-refractivity contribution in [1.29, 1.82) is 0 Å². The quantitative estimate of drug-likeness (QED) is 0.823. The number of nitrogens with two attached hydrogens (primary N) is 1. The third-order valence-corrected chi connectivity index (χ3v) is 3.24. The smallest absolute Gasteiger partial charge is 0.119 e. The Labute approximate surface area is 105 Å². The van der Waals surface area contributed by atoms with Gasteiger partial charge in [-0.3, -0.25) is 4.90 Å². The van der Waals surface area contributed by atoms with E-state index in [1.165, 1.54) is 5.56 Å². The van der Waals surface area contributed by atoms with Crippen LogP contribution in [-0.4, -0.2) is 30.6 Å². The SMILES string of the molecule is CCN(Cc1cccc(OC)c1)C(C)(C)CN. The van der Waals surface area contributed by atoms with Crippen LogP contribution in [0.1, 0.15) is 26.3 Å². The molecule has 0 unspecified atom stereocenters. The van der Waals surface area contributed by atoms with Gasteiger partial charge in [-0.2, -0.15) is 0 Å². The van der Waals surface area contributed by atoms with Gasteiger partial charge in [0.2, 0.25) is 0 Å². The average molecular weight is 236 g/mol. The van der Waals surface area contributed by atoms with Crippen molar-refractivity contribution in [2.45, 2.75) is 32.9 Å². The average Bonchev–Trinajstić information content (AvgIpc) is 2.36. The third-order valence-electron chi connectivity index (χ3n) is 3.24. The summed E-state index contributed by atoms with van der Waals surface area (Å²) in [4.78, 5) is 2.38. The van der Waals surface area contributed by atoms with Crippen molar-refractivity contribution in [3.05, 3.63) is 29.8 Å². The zero-order chi connectivity index (χ0) is 12.9. The molecule has 96 valence electrons. The molecule has 0 amide bonds. The monoisotopic (exact) mass is 236 g/mol. The number of hydrogen-bond acceptors (Lipinski definition) is 3. The second kappa shape index (κ2) is 6.03. The minimum Gasteiger partial charge on any atom is -0.497 e. The maximum atomic E-state index is 5.83. The molecule has 0 radical (unpaired) electrons. The van der Waals surface area contributed by atoms with Crippen LogP contribution in [0.4, 0.5) is 0 Å². The lowest BCUT2D eigenvalue weighted by Crippen LogP contribution is -2.48. The van der Waals surface area contributed by atoms with Crippen molar-refractivity contribution in [2.75, 3.05) is 20.2 Å². The number of benzene rings is 1. The first kappa shape index (κ1) is 14.0. The van der Waals surface area contributed by atoms with Gasteiger partial charge in [-0.1, -0.05) is 19.1 Å². The first-order valence-electron chi connectivity index (χ1n) is 6.11. The van der Waals surface area contributed by atoms with Gasteiger partial charge in [-0.25, -0.2) is 0 Å². The Morgan fingerprint density at radius 1 is 1.35 bits per heavy atom. The van der Waals surface area contributed by atoms with Gasteiger partial charge < -0.3 is 10.5 Å². The molecule has 0 aliphatic carbocycles. The van der Waals surface area contributed by atoms with Crippen molar-refractivity contribution in [3.8, 4) is 5.75 Å². The van der Waals surface area contributed by atoms with Crippen molar-refractivity contribution >= 4 is 0 Å². The van der Waals surface area contributed by atoms with Crippen LogP contribution in [0.5, 0.6) is 5.75 Å². The van der Waals surface area contributed by atoms with E-state index in [2.05, 4.69) is 37.8 Å². The predicted octanol–water partition coefficient (Wildman–Crippen LogP) is 2.25. The number of hydrogen-bond donors (Lipinski definition) is 1. The molecule has 2 N–H and O–H groups in total. The van der Waals surface area contributed by atoms with Crippen LogP contribution in [0.3, 0.4) is 0 Å². The largest absolute Gasteiger partial charge is 0.497 e. The number of ether oxygens (including phenoxy) is 1. The van der Waals surface area contributed by atoms with Gasteiger partial charge in [0.1, 0.15) is 5.75 Å². The lowest BCUT2D eigenvalue weighted by atomic mass is 10.0. The van der Waals surface area contributed by atoms with E-state index in [-0.39, 0.29) is 5.54 Å². The topological polar surface area (TPSA) is 38.5 Å². The minimum atomic E-state index is 0.0256. The van der Waals surface area contributed by atoms with Crippen LogP contribution in [0, 0.1) is 0 Å². The van der Waals surface area contributed by atoms with Gasteiger partial charge in [-0.05, 0) is 38.1 Å². The third kappa shape index (κ3) is 3.72. The molecule has 0 atom stereocenters. The number of likely N-dealkylation sites (N-methyl/N-ethyl adjacent to an activating group) is 1. The van der Waals surface area contributed by atoms with E-state index in [4.69, 9.17) is 10.5 Å². The molecule has 0 saturated heterocycles. The fourth-order valence-electron chi connectivity index (χ4n) is 1.87. The van der Waals surface area contributed by atoms with E-state index >= 15 is 0 Å². The summed E-state index contributed by atoms with van der Waals surface area (Å²) in [6, 6.07) is 8.19. The Balaban J connectivity index is 2.80. The van der Waals surface area contributed by atoms with Gasteiger partial charge in [-0.15, -0.1) is 0 Å². The number of methoxy groups -OCH3 is 1. The van der Waals surface area contributed by atoms with Crippen molar-refractivity contribution in [2.24, 2.45) is 5.73 Å². The van der Waals surface area contributed by atoms with Crippen LogP contribution < -0.4 is 10.5 Å². The van der Waals surface area contributed by atoms with E-state index in [9.17, 15) is 0 Å². The van der Waals surface area contributed by atoms with Crippen LogP contribution >= 0.6 is 0 Å². The number of rotatable bonds is 6. The highest BCUT2D eigenvalue weighted by Crippen LogP contribution is 2.19. The van der Waals surface area contributed by atoms with Crippen LogP contribution in [-0.2, 0) is 6.54 Å². The summed E-state index contributed by atoms with van der Waals surface area (Å²) in [6.07, 6.45) is 0. The van der Waals surface area contributed by atoms with E-state index in [0.717, 1.165) is 18.8 Å². The molecule has 0 fully saturated rings. The Morgan fingerprint density at radius 3 is 2.59 bits per heavy atom. The first-order chi connectivity index (χ1) is 8.03. The molecule has 0 aromatic heterocycles. The molecule has 0 saturated carbocycles. The molecule has 0 aliphatic rings. The highest BCUT2D eigenvalue weighted by molar-refractivity contribution is 5.28. The fourth-order valence-corrected chi connectivity index (χ4v) is 1.87. The zero-order valence-corrected chi connectivity index (χ0v) is 11.4. The molecule has 1 rings (SSSR count). The van der Waals surface area contributed by atoms with Crippen molar-refractivity contribution in [1.82, 2.24) is 4.90 Å². The van der Waals surface area contributed by atoms with Gasteiger partial charge >= 0.3 is 0 Å². The number of nitrogens with zero attached hydrogens (tertiary/aromatic N) is 1. The molecule has 1 aromatic carbocycles. The standard InChI is InChI=1S/C14H24N2O/c1-5-16(14(2,3)11-15)10-12-7-6-8-13(9-12)17-4/h6-9H,5,10-11,15H2,1-4H3. The maximum absolute atomic E-state index is 5.83. The Hall–Kier alpha value is -1.06. The second-order valence-corrected chi connectivity index (χ2v) is 4.88. The van der Waals surface area contributed by atoms with Crippen LogP contribution in [0.15, 0.2) is 24.3 Å². The molecule has 3 heteroatoms. The fraction of sp³-hybridized carbons (Fsp3) is 0.571. The predicted molar refractivity (Wildman–Crippen MR) is 72.2 cm³/mol. The van der Waals surface area contributed by atoms with Crippen molar-refractivity contribution in [3.63, 3.8) is 0 Å². The molecule has 0 aliphatic heterocycles. The highest BCUT2D eigenvalue weighted by Gasteiger charge is 2.23. The van der Waals surface area contributed by atoms with E-state index < -0.39 is 0 Å². The summed E-state index contributed by atoms with van der Waals surface area (Å²) >= 11 is 0. The Morgan fingerprint density at radius 2 is 2.06 bits per heavy atom. The summed E-state index contributed by atoms with van der Waals surface area (Å²) in [5, 5.41) is 0. The summed E-state index contributed by atoms with van der Waals surface area (Å²) < 4.78 is 5.24. The summed E-state index contributed by atoms with van der Waals surface area (Å²) in [6.45, 7) is 9.06. The second-order valence-electron chi connectivity index (χ2n) is 4.88.